The van der Waals surface area contributed by atoms with Crippen LogP contribution < -0.4 is 10.6 Å². The van der Waals surface area contributed by atoms with E-state index in [0.717, 1.165) is 22.6 Å². The molecule has 2 aromatic rings. The lowest BCUT2D eigenvalue weighted by Gasteiger charge is -2.14. The molecule has 1 aliphatic carbocycles. The Bertz CT molecular complexity index is 642. The molecule has 1 aromatic carbocycles. The van der Waals surface area contributed by atoms with Crippen molar-refractivity contribution in [3.05, 3.63) is 40.5 Å². The van der Waals surface area contributed by atoms with E-state index in [-0.39, 0.29) is 0 Å². The molecular formula is C17H21ClN4. The summed E-state index contributed by atoms with van der Waals surface area (Å²) < 4.78 is 0. The van der Waals surface area contributed by atoms with E-state index in [2.05, 4.69) is 26.7 Å². The molecule has 22 heavy (non-hydrogen) atoms. The Labute approximate surface area is 136 Å². The lowest BCUT2D eigenvalue weighted by Crippen LogP contribution is -2.16. The van der Waals surface area contributed by atoms with Crippen LogP contribution in [0.5, 0.6) is 0 Å². The highest BCUT2D eigenvalue weighted by molar-refractivity contribution is 6.33. The molecule has 0 aliphatic heterocycles. The minimum absolute atomic E-state index is 0.535. The standard InChI is InChI=1S/C17H21ClN4/c1-11-9-12(2)16(14(18)10-11)22-17-19-8-7-15(21-17)20-13-5-3-4-6-13/h7-10,13H,3-6H2,1-2H3,(H2,19,20,21,22). The van der Waals surface area contributed by atoms with E-state index in [1.165, 1.54) is 25.7 Å². The molecule has 0 bridgehead atoms. The van der Waals surface area contributed by atoms with Crippen molar-refractivity contribution in [3.63, 3.8) is 0 Å². The third-order valence-electron chi connectivity index (χ3n) is 4.03. The van der Waals surface area contributed by atoms with Crippen LogP contribution in [0.1, 0.15) is 36.8 Å². The fourth-order valence-electron chi connectivity index (χ4n) is 2.96. The van der Waals surface area contributed by atoms with Crippen LogP contribution in [-0.4, -0.2) is 16.0 Å². The number of hydrogen-bond acceptors (Lipinski definition) is 4. The number of halogens is 1. The van der Waals surface area contributed by atoms with Crippen LogP contribution in [0.2, 0.25) is 5.02 Å². The summed E-state index contributed by atoms with van der Waals surface area (Å²) in [6.07, 6.45) is 6.80. The Balaban J connectivity index is 1.78. The fourth-order valence-corrected chi connectivity index (χ4v) is 3.33. The summed E-state index contributed by atoms with van der Waals surface area (Å²) in [5.41, 5.74) is 3.10. The molecule has 116 valence electrons. The number of hydrogen-bond donors (Lipinski definition) is 2. The van der Waals surface area contributed by atoms with Crippen molar-refractivity contribution in [3.8, 4) is 0 Å². The molecular weight excluding hydrogens is 296 g/mol. The first-order chi connectivity index (χ1) is 10.6. The maximum absolute atomic E-state index is 6.33. The highest BCUT2D eigenvalue weighted by Gasteiger charge is 2.15. The van der Waals surface area contributed by atoms with Crippen LogP contribution in [0.4, 0.5) is 17.5 Å². The van der Waals surface area contributed by atoms with Crippen LogP contribution >= 0.6 is 11.6 Å². The minimum Gasteiger partial charge on any atom is -0.367 e. The normalized spacial score (nSPS) is 15.0. The Morgan fingerprint density at radius 2 is 1.95 bits per heavy atom. The monoisotopic (exact) mass is 316 g/mol. The van der Waals surface area contributed by atoms with Crippen molar-refractivity contribution in [2.75, 3.05) is 10.6 Å². The summed E-state index contributed by atoms with van der Waals surface area (Å²) >= 11 is 6.33. The van der Waals surface area contributed by atoms with Gasteiger partial charge in [-0.05, 0) is 49.9 Å². The van der Waals surface area contributed by atoms with Gasteiger partial charge in [0.1, 0.15) is 5.82 Å². The largest absolute Gasteiger partial charge is 0.367 e. The summed E-state index contributed by atoms with van der Waals surface area (Å²) in [6.45, 7) is 4.06. The van der Waals surface area contributed by atoms with Gasteiger partial charge < -0.3 is 10.6 Å². The second-order valence-electron chi connectivity index (χ2n) is 5.95. The Morgan fingerprint density at radius 3 is 2.68 bits per heavy atom. The van der Waals surface area contributed by atoms with Gasteiger partial charge in [0.25, 0.3) is 0 Å². The molecule has 0 unspecified atom stereocenters. The molecule has 2 N–H and O–H groups in total. The number of anilines is 3. The van der Waals surface area contributed by atoms with E-state index in [0.29, 0.717) is 17.0 Å². The number of rotatable bonds is 4. The van der Waals surface area contributed by atoms with Gasteiger partial charge in [0.2, 0.25) is 5.95 Å². The average molecular weight is 317 g/mol. The quantitative estimate of drug-likeness (QED) is 0.847. The van der Waals surface area contributed by atoms with Gasteiger partial charge in [0.05, 0.1) is 10.7 Å². The molecule has 1 aliphatic rings. The number of nitrogens with zero attached hydrogens (tertiary/aromatic N) is 2. The van der Waals surface area contributed by atoms with Crippen LogP contribution in [0.3, 0.4) is 0 Å². The highest BCUT2D eigenvalue weighted by atomic mass is 35.5. The molecule has 0 atom stereocenters. The molecule has 4 nitrogen and oxygen atoms in total. The Hall–Kier alpha value is -1.81. The lowest BCUT2D eigenvalue weighted by atomic mass is 10.1. The first-order valence-corrected chi connectivity index (χ1v) is 8.13. The van der Waals surface area contributed by atoms with E-state index < -0.39 is 0 Å². The maximum atomic E-state index is 6.33. The number of aryl methyl sites for hydroxylation is 2. The van der Waals surface area contributed by atoms with E-state index in [1.54, 1.807) is 6.20 Å². The van der Waals surface area contributed by atoms with E-state index >= 15 is 0 Å². The fraction of sp³-hybridized carbons (Fsp3) is 0.412. The van der Waals surface area contributed by atoms with Crippen molar-refractivity contribution in [2.45, 2.75) is 45.6 Å². The van der Waals surface area contributed by atoms with E-state index in [1.807, 2.05) is 26.0 Å². The summed E-state index contributed by atoms with van der Waals surface area (Å²) in [5.74, 6) is 1.43. The van der Waals surface area contributed by atoms with Crippen LogP contribution in [-0.2, 0) is 0 Å². The number of aromatic nitrogens is 2. The molecule has 1 fully saturated rings. The zero-order valence-electron chi connectivity index (χ0n) is 13.0. The SMILES string of the molecule is Cc1cc(C)c(Nc2nccc(NC3CCCC3)n2)c(Cl)c1. The molecule has 1 aromatic heterocycles. The molecule has 3 rings (SSSR count). The molecule has 0 radical (unpaired) electrons. The second-order valence-corrected chi connectivity index (χ2v) is 6.36. The molecule has 1 heterocycles. The zero-order valence-corrected chi connectivity index (χ0v) is 13.7. The van der Waals surface area contributed by atoms with Crippen molar-refractivity contribution < 1.29 is 0 Å². The van der Waals surface area contributed by atoms with Crippen molar-refractivity contribution in [1.29, 1.82) is 0 Å². The first kappa shape index (κ1) is 15.1. The highest BCUT2D eigenvalue weighted by Crippen LogP contribution is 2.29. The van der Waals surface area contributed by atoms with Gasteiger partial charge in [-0.1, -0.05) is 30.5 Å². The molecule has 5 heteroatoms. The predicted octanol–water partition coefficient (Wildman–Crippen LogP) is 4.84. The van der Waals surface area contributed by atoms with E-state index in [4.69, 9.17) is 11.6 Å². The molecule has 0 amide bonds. The molecule has 0 spiro atoms. The van der Waals surface area contributed by atoms with Crippen molar-refractivity contribution >= 4 is 29.1 Å². The van der Waals surface area contributed by atoms with Crippen LogP contribution in [0, 0.1) is 13.8 Å². The van der Waals surface area contributed by atoms with Gasteiger partial charge in [-0.2, -0.15) is 4.98 Å². The number of nitrogens with one attached hydrogen (secondary N) is 2. The van der Waals surface area contributed by atoms with Gasteiger partial charge in [-0.15, -0.1) is 0 Å². The maximum Gasteiger partial charge on any atom is 0.229 e. The van der Waals surface area contributed by atoms with Gasteiger partial charge in [0.15, 0.2) is 0 Å². The van der Waals surface area contributed by atoms with Crippen LogP contribution in [0.25, 0.3) is 0 Å². The van der Waals surface area contributed by atoms with Crippen molar-refractivity contribution in [2.24, 2.45) is 0 Å². The second kappa shape index (κ2) is 6.53. The predicted molar refractivity (Wildman–Crippen MR) is 92.1 cm³/mol. The topological polar surface area (TPSA) is 49.8 Å². The Kier molecular flexibility index (Phi) is 4.48. The summed E-state index contributed by atoms with van der Waals surface area (Å²) in [6, 6.07) is 6.48. The van der Waals surface area contributed by atoms with Gasteiger partial charge in [0, 0.05) is 12.2 Å². The van der Waals surface area contributed by atoms with Crippen molar-refractivity contribution in [1.82, 2.24) is 9.97 Å². The average Bonchev–Trinajstić information content (AvgIpc) is 2.96. The lowest BCUT2D eigenvalue weighted by molar-refractivity contribution is 0.750. The Morgan fingerprint density at radius 1 is 1.18 bits per heavy atom. The summed E-state index contributed by atoms with van der Waals surface area (Å²) in [7, 11) is 0. The molecule has 1 saturated carbocycles. The van der Waals surface area contributed by atoms with Gasteiger partial charge in [-0.25, -0.2) is 4.98 Å². The third-order valence-corrected chi connectivity index (χ3v) is 4.33. The smallest absolute Gasteiger partial charge is 0.229 e. The van der Waals surface area contributed by atoms with Gasteiger partial charge >= 0.3 is 0 Å². The summed E-state index contributed by atoms with van der Waals surface area (Å²) in [4.78, 5) is 8.84. The van der Waals surface area contributed by atoms with Crippen LogP contribution in [0.15, 0.2) is 24.4 Å². The molecule has 0 saturated heterocycles. The third kappa shape index (κ3) is 3.50. The van der Waals surface area contributed by atoms with E-state index in [9.17, 15) is 0 Å². The summed E-state index contributed by atoms with van der Waals surface area (Å²) in [5, 5.41) is 7.41. The zero-order chi connectivity index (χ0) is 15.5. The first-order valence-electron chi connectivity index (χ1n) is 7.75. The minimum atomic E-state index is 0.535. The van der Waals surface area contributed by atoms with Gasteiger partial charge in [-0.3, -0.25) is 0 Å². The number of benzene rings is 1.